The smallest absolute Gasteiger partial charge is 0.416 e. The van der Waals surface area contributed by atoms with Crippen LogP contribution >= 0.6 is 0 Å². The average molecular weight is 343 g/mol. The molecule has 4 rings (SSSR count). The van der Waals surface area contributed by atoms with Gasteiger partial charge < -0.3 is 4.74 Å². The zero-order valence-corrected chi connectivity index (χ0v) is 15.4. The van der Waals surface area contributed by atoms with Crippen LogP contribution in [-0.4, -0.2) is 40.7 Å². The fourth-order valence-corrected chi connectivity index (χ4v) is 4.76. The van der Waals surface area contributed by atoms with Crippen molar-refractivity contribution >= 4 is 11.9 Å². The summed E-state index contributed by atoms with van der Waals surface area (Å²) in [6.45, 7) is 6.27. The first-order valence-corrected chi connectivity index (χ1v) is 9.81. The van der Waals surface area contributed by atoms with Crippen LogP contribution in [0.5, 0.6) is 0 Å². The lowest BCUT2D eigenvalue weighted by atomic mass is 9.85. The van der Waals surface area contributed by atoms with Crippen LogP contribution in [0.4, 0.5) is 10.6 Å². The lowest BCUT2D eigenvalue weighted by Crippen LogP contribution is -2.36. The second-order valence-corrected chi connectivity index (χ2v) is 8.11. The third kappa shape index (κ3) is 3.14. The summed E-state index contributed by atoms with van der Waals surface area (Å²) in [5.41, 5.74) is 0.811. The molecule has 0 radical (unpaired) electrons. The maximum atomic E-state index is 12.5. The molecule has 3 heterocycles. The van der Waals surface area contributed by atoms with E-state index in [1.807, 2.05) is 12.1 Å². The highest BCUT2D eigenvalue weighted by Gasteiger charge is 2.46. The van der Waals surface area contributed by atoms with Crippen LogP contribution < -0.4 is 4.90 Å². The van der Waals surface area contributed by atoms with Crippen LogP contribution in [0.25, 0.3) is 0 Å². The van der Waals surface area contributed by atoms with Crippen LogP contribution in [0.3, 0.4) is 0 Å². The first kappa shape index (κ1) is 16.8. The number of nitrogens with zero attached hydrogens (tertiary/aromatic N) is 3. The molecule has 2 aliphatic heterocycles. The molecule has 0 unspecified atom stereocenters. The van der Waals surface area contributed by atoms with E-state index in [-0.39, 0.29) is 11.7 Å². The van der Waals surface area contributed by atoms with E-state index < -0.39 is 0 Å². The van der Waals surface area contributed by atoms with E-state index in [2.05, 4.69) is 24.8 Å². The number of likely N-dealkylation sites (tertiary alicyclic amines) is 1. The Morgan fingerprint density at radius 3 is 2.76 bits per heavy atom. The molecule has 1 aromatic heterocycles. The molecule has 1 saturated carbocycles. The molecular formula is C20H29N3O2. The van der Waals surface area contributed by atoms with Crippen LogP contribution in [0.1, 0.15) is 70.5 Å². The van der Waals surface area contributed by atoms with Gasteiger partial charge in [0.15, 0.2) is 0 Å². The summed E-state index contributed by atoms with van der Waals surface area (Å²) in [6.07, 6.45) is 7.66. The lowest BCUT2D eigenvalue weighted by Gasteiger charge is -2.30. The van der Waals surface area contributed by atoms with E-state index in [1.54, 1.807) is 4.90 Å². The molecule has 3 aliphatic rings. The third-order valence-electron chi connectivity index (χ3n) is 6.07. The SMILES string of the molecule is CC(C)N1CCC[C@@H]1c1cccc(N2CC3(CCCCC3)OC2=O)n1. The molecule has 5 heteroatoms. The van der Waals surface area contributed by atoms with Gasteiger partial charge in [-0.05, 0) is 71.0 Å². The molecule has 1 aliphatic carbocycles. The Kier molecular flexibility index (Phi) is 4.44. The van der Waals surface area contributed by atoms with Crippen molar-refractivity contribution in [2.24, 2.45) is 0 Å². The van der Waals surface area contributed by atoms with Crippen molar-refractivity contribution in [2.75, 3.05) is 18.0 Å². The highest BCUT2D eigenvalue weighted by Crippen LogP contribution is 2.39. The van der Waals surface area contributed by atoms with Gasteiger partial charge in [0.05, 0.1) is 18.3 Å². The summed E-state index contributed by atoms with van der Waals surface area (Å²) in [5.74, 6) is 0.751. The van der Waals surface area contributed by atoms with Crippen molar-refractivity contribution in [2.45, 2.75) is 76.5 Å². The second-order valence-electron chi connectivity index (χ2n) is 8.11. The van der Waals surface area contributed by atoms with E-state index in [9.17, 15) is 4.79 Å². The monoisotopic (exact) mass is 343 g/mol. The summed E-state index contributed by atoms with van der Waals surface area (Å²) < 4.78 is 5.82. The molecule has 1 amide bonds. The van der Waals surface area contributed by atoms with E-state index in [4.69, 9.17) is 9.72 Å². The predicted molar refractivity (Wildman–Crippen MR) is 97.7 cm³/mol. The quantitative estimate of drug-likeness (QED) is 0.821. The van der Waals surface area contributed by atoms with Crippen LogP contribution in [0, 0.1) is 0 Å². The van der Waals surface area contributed by atoms with Gasteiger partial charge in [0.2, 0.25) is 0 Å². The summed E-state index contributed by atoms with van der Waals surface area (Å²) in [5, 5.41) is 0. The van der Waals surface area contributed by atoms with E-state index in [1.165, 1.54) is 12.8 Å². The van der Waals surface area contributed by atoms with Gasteiger partial charge in [-0.1, -0.05) is 12.5 Å². The summed E-state index contributed by atoms with van der Waals surface area (Å²) >= 11 is 0. The van der Waals surface area contributed by atoms with E-state index in [0.29, 0.717) is 18.6 Å². The minimum absolute atomic E-state index is 0.223. The molecule has 0 bridgehead atoms. The van der Waals surface area contributed by atoms with E-state index in [0.717, 1.165) is 50.2 Å². The molecule has 2 saturated heterocycles. The van der Waals surface area contributed by atoms with Crippen molar-refractivity contribution in [1.29, 1.82) is 0 Å². The molecule has 1 aromatic rings. The van der Waals surface area contributed by atoms with Gasteiger partial charge in [-0.2, -0.15) is 0 Å². The zero-order chi connectivity index (χ0) is 17.4. The first-order chi connectivity index (χ1) is 12.1. The van der Waals surface area contributed by atoms with Gasteiger partial charge in [0.1, 0.15) is 11.4 Å². The third-order valence-corrected chi connectivity index (χ3v) is 6.07. The molecule has 136 valence electrons. The van der Waals surface area contributed by atoms with Gasteiger partial charge in [-0.15, -0.1) is 0 Å². The Labute approximate surface area is 150 Å². The number of rotatable bonds is 3. The standard InChI is InChI=1S/C20H29N3O2/c1-15(2)22-13-7-9-17(22)16-8-6-10-18(21-16)23-14-20(25-19(23)24)11-4-3-5-12-20/h6,8,10,15,17H,3-5,7,9,11-14H2,1-2H3/t17-/m1/s1. The minimum Gasteiger partial charge on any atom is -0.441 e. The van der Waals surface area contributed by atoms with Crippen LogP contribution in [-0.2, 0) is 4.74 Å². The second kappa shape index (κ2) is 6.60. The Bertz CT molecular complexity index is 640. The van der Waals surface area contributed by atoms with Crippen molar-refractivity contribution in [1.82, 2.24) is 9.88 Å². The zero-order valence-electron chi connectivity index (χ0n) is 15.4. The fourth-order valence-electron chi connectivity index (χ4n) is 4.76. The predicted octanol–water partition coefficient (Wildman–Crippen LogP) is 4.29. The molecule has 1 spiro atoms. The number of carbonyl (C=O) groups is 1. The van der Waals surface area contributed by atoms with Gasteiger partial charge >= 0.3 is 6.09 Å². The van der Waals surface area contributed by atoms with Crippen molar-refractivity contribution in [3.8, 4) is 0 Å². The Balaban J connectivity index is 1.56. The first-order valence-electron chi connectivity index (χ1n) is 9.81. The molecule has 0 N–H and O–H groups in total. The number of pyridine rings is 1. The molecule has 5 nitrogen and oxygen atoms in total. The van der Waals surface area contributed by atoms with Gasteiger partial charge in [0.25, 0.3) is 0 Å². The molecule has 0 aromatic carbocycles. The fraction of sp³-hybridized carbons (Fsp3) is 0.700. The normalized spacial score (nSPS) is 26.6. The maximum Gasteiger partial charge on any atom is 0.416 e. The van der Waals surface area contributed by atoms with E-state index >= 15 is 0 Å². The molecule has 1 atom stereocenters. The summed E-state index contributed by atoms with van der Waals surface area (Å²) in [4.78, 5) is 21.7. The highest BCUT2D eigenvalue weighted by atomic mass is 16.6. The molecule has 3 fully saturated rings. The molecular weight excluding hydrogens is 314 g/mol. The van der Waals surface area contributed by atoms with Crippen LogP contribution in [0.2, 0.25) is 0 Å². The summed E-state index contributed by atoms with van der Waals surface area (Å²) in [6, 6.07) is 6.96. The molecule has 25 heavy (non-hydrogen) atoms. The number of hydrogen-bond donors (Lipinski definition) is 0. The number of aromatic nitrogens is 1. The number of ether oxygens (including phenoxy) is 1. The van der Waals surface area contributed by atoms with Crippen molar-refractivity contribution in [3.63, 3.8) is 0 Å². The van der Waals surface area contributed by atoms with Gasteiger partial charge in [-0.3, -0.25) is 9.80 Å². The number of carbonyl (C=O) groups excluding carboxylic acids is 1. The van der Waals surface area contributed by atoms with Crippen molar-refractivity contribution in [3.05, 3.63) is 23.9 Å². The number of amides is 1. The van der Waals surface area contributed by atoms with Gasteiger partial charge in [0, 0.05) is 6.04 Å². The summed E-state index contributed by atoms with van der Waals surface area (Å²) in [7, 11) is 0. The Morgan fingerprint density at radius 1 is 1.20 bits per heavy atom. The van der Waals surface area contributed by atoms with Crippen molar-refractivity contribution < 1.29 is 9.53 Å². The minimum atomic E-state index is -0.273. The van der Waals surface area contributed by atoms with Crippen LogP contribution in [0.15, 0.2) is 18.2 Å². The number of anilines is 1. The average Bonchev–Trinajstić information content (AvgIpc) is 3.21. The topological polar surface area (TPSA) is 45.7 Å². The van der Waals surface area contributed by atoms with Gasteiger partial charge in [-0.25, -0.2) is 9.78 Å². The lowest BCUT2D eigenvalue weighted by molar-refractivity contribution is 0.0260. The largest absolute Gasteiger partial charge is 0.441 e. The maximum absolute atomic E-state index is 12.5. The Hall–Kier alpha value is -1.62. The Morgan fingerprint density at radius 2 is 2.00 bits per heavy atom. The number of hydrogen-bond acceptors (Lipinski definition) is 4. The highest BCUT2D eigenvalue weighted by molar-refractivity contribution is 5.89.